The molecule has 0 aromatic rings. The number of rotatable bonds is 2. The molecule has 0 fully saturated rings. The minimum Gasteiger partial charge on any atom is -0.462 e. The van der Waals surface area contributed by atoms with Crippen molar-refractivity contribution in [3.63, 3.8) is 0 Å². The van der Waals surface area contributed by atoms with Crippen LogP contribution in [0.1, 0.15) is 20.8 Å². The molecule has 0 N–H and O–H groups in total. The first-order chi connectivity index (χ1) is 5.07. The second kappa shape index (κ2) is 5.16. The van der Waals surface area contributed by atoms with E-state index in [0.717, 1.165) is 5.57 Å². The van der Waals surface area contributed by atoms with Crippen LogP contribution in [0.2, 0.25) is 0 Å². The maximum Gasteiger partial charge on any atom is 0.353 e. The Labute approximate surface area is 75.1 Å². The van der Waals surface area contributed by atoms with E-state index in [9.17, 15) is 4.79 Å². The van der Waals surface area contributed by atoms with Crippen molar-refractivity contribution >= 4 is 21.9 Å². The summed E-state index contributed by atoms with van der Waals surface area (Å²) in [6.45, 7) is 5.88. The highest BCUT2D eigenvalue weighted by atomic mass is 79.9. The topological polar surface area (TPSA) is 26.3 Å². The van der Waals surface area contributed by atoms with Gasteiger partial charge in [0.15, 0.2) is 0 Å². The highest BCUT2D eigenvalue weighted by molar-refractivity contribution is 9.12. The number of carbonyl (C=O) groups excluding carboxylic acids is 1. The number of hydrogen-bond acceptors (Lipinski definition) is 2. The fourth-order valence-corrected chi connectivity index (χ4v) is 0.976. The van der Waals surface area contributed by atoms with Crippen LogP contribution in [-0.4, -0.2) is 12.6 Å². The molecule has 0 heterocycles. The van der Waals surface area contributed by atoms with Crippen LogP contribution in [0.4, 0.5) is 0 Å². The SMILES string of the molecule is CCOC(=O)C(Br)=C=C(C)C. The Hall–Kier alpha value is -0.530. The highest BCUT2D eigenvalue weighted by Crippen LogP contribution is 2.06. The summed E-state index contributed by atoms with van der Waals surface area (Å²) in [4.78, 5) is 10.9. The van der Waals surface area contributed by atoms with Crippen LogP contribution >= 0.6 is 15.9 Å². The first kappa shape index (κ1) is 10.5. The monoisotopic (exact) mass is 218 g/mol. The third-order valence-electron chi connectivity index (χ3n) is 0.814. The molecule has 0 saturated heterocycles. The maximum absolute atomic E-state index is 10.9. The first-order valence-corrected chi connectivity index (χ1v) is 4.14. The summed E-state index contributed by atoms with van der Waals surface area (Å²) in [5, 5.41) is 0. The number of esters is 1. The quantitative estimate of drug-likeness (QED) is 0.405. The number of hydrogen-bond donors (Lipinski definition) is 0. The van der Waals surface area contributed by atoms with Gasteiger partial charge >= 0.3 is 5.97 Å². The van der Waals surface area contributed by atoms with Gasteiger partial charge in [0.2, 0.25) is 0 Å². The van der Waals surface area contributed by atoms with Crippen molar-refractivity contribution in [3.05, 3.63) is 15.8 Å². The number of ether oxygens (including phenoxy) is 1. The van der Waals surface area contributed by atoms with Gasteiger partial charge in [0.05, 0.1) is 6.61 Å². The molecular formula is C8H11BrO2. The minimum atomic E-state index is -0.367. The molecule has 0 rings (SSSR count). The Morgan fingerprint density at radius 3 is 2.45 bits per heavy atom. The van der Waals surface area contributed by atoms with Crippen molar-refractivity contribution in [1.82, 2.24) is 0 Å². The molecule has 0 aliphatic rings. The molecule has 62 valence electrons. The average Bonchev–Trinajstić information content (AvgIpc) is 1.86. The van der Waals surface area contributed by atoms with Gasteiger partial charge in [0.25, 0.3) is 0 Å². The van der Waals surface area contributed by atoms with Crippen LogP contribution in [0.5, 0.6) is 0 Å². The van der Waals surface area contributed by atoms with Crippen LogP contribution in [-0.2, 0) is 9.53 Å². The van der Waals surface area contributed by atoms with Crippen molar-refractivity contribution in [2.24, 2.45) is 0 Å². The Kier molecular flexibility index (Phi) is 4.92. The normalized spacial score (nSPS) is 8.36. The van der Waals surface area contributed by atoms with E-state index in [2.05, 4.69) is 21.7 Å². The molecule has 0 aromatic heterocycles. The van der Waals surface area contributed by atoms with E-state index in [1.165, 1.54) is 0 Å². The summed E-state index contributed by atoms with van der Waals surface area (Å²) in [7, 11) is 0. The fourth-order valence-electron chi connectivity index (χ4n) is 0.465. The summed E-state index contributed by atoms with van der Waals surface area (Å²) in [5.74, 6) is -0.367. The molecule has 0 amide bonds. The van der Waals surface area contributed by atoms with Gasteiger partial charge in [-0.15, -0.1) is 0 Å². The van der Waals surface area contributed by atoms with Gasteiger partial charge in [-0.25, -0.2) is 4.79 Å². The van der Waals surface area contributed by atoms with Gasteiger partial charge < -0.3 is 4.74 Å². The van der Waals surface area contributed by atoms with Gasteiger partial charge in [0, 0.05) is 0 Å². The summed E-state index contributed by atoms with van der Waals surface area (Å²) in [5.41, 5.74) is 3.74. The number of carbonyl (C=O) groups is 1. The van der Waals surface area contributed by atoms with Gasteiger partial charge in [0.1, 0.15) is 4.48 Å². The van der Waals surface area contributed by atoms with Crippen molar-refractivity contribution in [3.8, 4) is 0 Å². The second-order valence-corrected chi connectivity index (χ2v) is 2.95. The van der Waals surface area contributed by atoms with Gasteiger partial charge in [-0.2, -0.15) is 0 Å². The molecule has 0 spiro atoms. The second-order valence-electron chi connectivity index (χ2n) is 2.16. The van der Waals surface area contributed by atoms with Crippen LogP contribution in [0.25, 0.3) is 0 Å². The highest BCUT2D eigenvalue weighted by Gasteiger charge is 2.04. The Morgan fingerprint density at radius 2 is 2.09 bits per heavy atom. The third-order valence-corrected chi connectivity index (χ3v) is 1.34. The first-order valence-electron chi connectivity index (χ1n) is 3.34. The lowest BCUT2D eigenvalue weighted by Gasteiger charge is -1.96. The lowest BCUT2D eigenvalue weighted by molar-refractivity contribution is -0.137. The number of halogens is 1. The molecule has 0 radical (unpaired) electrons. The molecule has 0 aromatic carbocycles. The lowest BCUT2D eigenvalue weighted by Crippen LogP contribution is -2.02. The molecule has 0 unspecified atom stereocenters. The van der Waals surface area contributed by atoms with Crippen molar-refractivity contribution in [1.29, 1.82) is 0 Å². The zero-order valence-electron chi connectivity index (χ0n) is 6.90. The predicted molar refractivity (Wildman–Crippen MR) is 47.4 cm³/mol. The van der Waals surface area contributed by atoms with Crippen LogP contribution < -0.4 is 0 Å². The van der Waals surface area contributed by atoms with E-state index in [0.29, 0.717) is 11.1 Å². The summed E-state index contributed by atoms with van der Waals surface area (Å²) >= 11 is 3.06. The summed E-state index contributed by atoms with van der Waals surface area (Å²) in [6, 6.07) is 0. The lowest BCUT2D eigenvalue weighted by atomic mass is 10.4. The Balaban J connectivity index is 4.37. The molecule has 0 bridgehead atoms. The fraction of sp³-hybridized carbons (Fsp3) is 0.500. The standard InChI is InChI=1S/C8H11BrO2/c1-4-11-8(10)7(9)5-6(2)3/h4H2,1-3H3. The van der Waals surface area contributed by atoms with Gasteiger partial charge in [-0.1, -0.05) is 5.73 Å². The minimum absolute atomic E-state index is 0.347. The van der Waals surface area contributed by atoms with Gasteiger partial charge in [-0.05, 0) is 42.3 Å². The van der Waals surface area contributed by atoms with Gasteiger partial charge in [-0.3, -0.25) is 0 Å². The molecule has 0 atom stereocenters. The molecular weight excluding hydrogens is 208 g/mol. The van der Waals surface area contributed by atoms with Crippen molar-refractivity contribution < 1.29 is 9.53 Å². The van der Waals surface area contributed by atoms with Crippen LogP contribution in [0.3, 0.4) is 0 Å². The molecule has 11 heavy (non-hydrogen) atoms. The van der Waals surface area contributed by atoms with Crippen LogP contribution in [0, 0.1) is 0 Å². The van der Waals surface area contributed by atoms with Crippen LogP contribution in [0.15, 0.2) is 15.8 Å². The molecule has 3 heteroatoms. The zero-order chi connectivity index (χ0) is 8.85. The summed E-state index contributed by atoms with van der Waals surface area (Å²) in [6.07, 6.45) is 0. The van der Waals surface area contributed by atoms with Crippen molar-refractivity contribution in [2.45, 2.75) is 20.8 Å². The smallest absolute Gasteiger partial charge is 0.353 e. The molecule has 0 saturated carbocycles. The molecule has 0 aliphatic carbocycles. The average molecular weight is 219 g/mol. The molecule has 0 aliphatic heterocycles. The molecule has 2 nitrogen and oxygen atoms in total. The van der Waals surface area contributed by atoms with E-state index in [-0.39, 0.29) is 5.97 Å². The third kappa shape index (κ3) is 4.82. The van der Waals surface area contributed by atoms with E-state index < -0.39 is 0 Å². The summed E-state index contributed by atoms with van der Waals surface area (Å²) < 4.78 is 5.05. The Morgan fingerprint density at radius 1 is 1.55 bits per heavy atom. The maximum atomic E-state index is 10.9. The van der Waals surface area contributed by atoms with E-state index in [1.54, 1.807) is 6.92 Å². The predicted octanol–water partition coefficient (Wildman–Crippen LogP) is 2.39. The largest absolute Gasteiger partial charge is 0.462 e. The Bertz CT molecular complexity index is 208. The van der Waals surface area contributed by atoms with E-state index >= 15 is 0 Å². The van der Waals surface area contributed by atoms with E-state index in [4.69, 9.17) is 4.74 Å². The van der Waals surface area contributed by atoms with Crippen molar-refractivity contribution in [2.75, 3.05) is 6.61 Å². The van der Waals surface area contributed by atoms with E-state index in [1.807, 2.05) is 13.8 Å². The zero-order valence-corrected chi connectivity index (χ0v) is 8.49.